The molecule has 0 fully saturated rings. The third-order valence-electron chi connectivity index (χ3n) is 3.44. The Labute approximate surface area is 119 Å². The molecule has 96 valence electrons. The second-order valence-electron chi connectivity index (χ2n) is 4.86. The van der Waals surface area contributed by atoms with E-state index in [0.29, 0.717) is 0 Å². The third kappa shape index (κ3) is 4.13. The average Bonchev–Trinajstić information content (AvgIpc) is 2.45. The van der Waals surface area contributed by atoms with Crippen LogP contribution in [0.5, 0.6) is 0 Å². The zero-order valence-electron chi connectivity index (χ0n) is 10.9. The molecule has 0 aromatic heterocycles. The summed E-state index contributed by atoms with van der Waals surface area (Å²) in [5, 5.41) is 1.13. The second kappa shape index (κ2) is 7.58. The molecular weight excluding hydrogens is 284 g/mol. The van der Waals surface area contributed by atoms with Crippen LogP contribution in [0.15, 0.2) is 42.5 Å². The summed E-state index contributed by atoms with van der Waals surface area (Å²) in [6.45, 7) is 0. The highest BCUT2D eigenvalue weighted by Gasteiger charge is 2.03. The number of rotatable bonds is 6. The summed E-state index contributed by atoms with van der Waals surface area (Å²) in [5.41, 5.74) is 4.34. The van der Waals surface area contributed by atoms with Crippen molar-refractivity contribution in [2.24, 2.45) is 0 Å². The summed E-state index contributed by atoms with van der Waals surface area (Å²) < 4.78 is 0. The molecule has 0 spiro atoms. The molecule has 0 saturated carbocycles. The second-order valence-corrected chi connectivity index (χ2v) is 5.65. The molecule has 1 aromatic rings. The number of benzene rings is 1. The normalized spacial score (nSPS) is 14.6. The van der Waals surface area contributed by atoms with Gasteiger partial charge in [-0.05, 0) is 48.8 Å². The van der Waals surface area contributed by atoms with Crippen molar-refractivity contribution >= 4 is 21.5 Å². The number of alkyl halides is 1. The molecule has 0 nitrogen and oxygen atoms in total. The minimum absolute atomic E-state index is 1.13. The van der Waals surface area contributed by atoms with Crippen LogP contribution in [0.3, 0.4) is 0 Å². The number of allylic oxidation sites excluding steroid dienone is 4. The molecular formula is C17H21Br. The van der Waals surface area contributed by atoms with Crippen LogP contribution in [0, 0.1) is 0 Å². The lowest BCUT2D eigenvalue weighted by molar-refractivity contribution is 0.724. The van der Waals surface area contributed by atoms with E-state index >= 15 is 0 Å². The largest absolute Gasteiger partial charge is 0.0928 e. The predicted octanol–water partition coefficient (Wildman–Crippen LogP) is 5.53. The quantitative estimate of drug-likeness (QED) is 0.479. The summed E-state index contributed by atoms with van der Waals surface area (Å²) >= 11 is 3.48. The van der Waals surface area contributed by atoms with Crippen molar-refractivity contribution in [1.82, 2.24) is 0 Å². The fourth-order valence-corrected chi connectivity index (χ4v) is 2.73. The van der Waals surface area contributed by atoms with E-state index < -0.39 is 0 Å². The van der Waals surface area contributed by atoms with Crippen LogP contribution in [-0.4, -0.2) is 5.33 Å². The molecule has 1 aliphatic rings. The zero-order valence-corrected chi connectivity index (χ0v) is 12.5. The van der Waals surface area contributed by atoms with Gasteiger partial charge in [-0.15, -0.1) is 0 Å². The van der Waals surface area contributed by atoms with Gasteiger partial charge in [0.05, 0.1) is 0 Å². The van der Waals surface area contributed by atoms with Crippen molar-refractivity contribution in [2.45, 2.75) is 38.5 Å². The first-order chi connectivity index (χ1) is 8.90. The highest BCUT2D eigenvalue weighted by Crippen LogP contribution is 2.23. The fourth-order valence-electron chi connectivity index (χ4n) is 2.33. The Bertz CT molecular complexity index is 412. The molecule has 1 aromatic carbocycles. The summed E-state index contributed by atoms with van der Waals surface area (Å²) in [6, 6.07) is 9.15. The molecule has 0 bridgehead atoms. The maximum Gasteiger partial charge on any atom is 0.00313 e. The maximum atomic E-state index is 3.48. The molecule has 0 radical (unpaired) electrons. The molecule has 1 aliphatic carbocycles. The van der Waals surface area contributed by atoms with Gasteiger partial charge in [-0.2, -0.15) is 0 Å². The molecule has 2 rings (SSSR count). The zero-order chi connectivity index (χ0) is 12.6. The Kier molecular flexibility index (Phi) is 5.73. The van der Waals surface area contributed by atoms with Gasteiger partial charge in [0.15, 0.2) is 0 Å². The van der Waals surface area contributed by atoms with Crippen molar-refractivity contribution in [3.05, 3.63) is 53.6 Å². The Morgan fingerprint density at radius 3 is 2.50 bits per heavy atom. The van der Waals surface area contributed by atoms with Crippen LogP contribution in [0.2, 0.25) is 0 Å². The summed E-state index contributed by atoms with van der Waals surface area (Å²) in [6.07, 6.45) is 14.1. The Hall–Kier alpha value is -0.820. The standard InChI is InChI=1S/C17H21Br/c18-14-6-2-3-7-15-10-12-17(13-11-15)16-8-4-1-5-9-16/h1,4,8,10-13H,2-3,5-7,9,14H2. The van der Waals surface area contributed by atoms with Gasteiger partial charge in [-0.25, -0.2) is 0 Å². The molecule has 0 saturated heterocycles. The van der Waals surface area contributed by atoms with Gasteiger partial charge in [0.2, 0.25) is 0 Å². The lowest BCUT2D eigenvalue weighted by Gasteiger charge is -2.10. The minimum Gasteiger partial charge on any atom is -0.0928 e. The van der Waals surface area contributed by atoms with Crippen LogP contribution in [0.4, 0.5) is 0 Å². The Morgan fingerprint density at radius 2 is 1.83 bits per heavy atom. The molecule has 0 N–H and O–H groups in total. The summed E-state index contributed by atoms with van der Waals surface area (Å²) in [4.78, 5) is 0. The Balaban J connectivity index is 1.89. The summed E-state index contributed by atoms with van der Waals surface area (Å²) in [5.74, 6) is 0. The van der Waals surface area contributed by atoms with Gasteiger partial charge in [0.1, 0.15) is 0 Å². The Morgan fingerprint density at radius 1 is 1.00 bits per heavy atom. The van der Waals surface area contributed by atoms with Crippen molar-refractivity contribution in [1.29, 1.82) is 0 Å². The van der Waals surface area contributed by atoms with Crippen LogP contribution in [0.1, 0.15) is 43.2 Å². The van der Waals surface area contributed by atoms with Crippen LogP contribution in [-0.2, 0) is 6.42 Å². The van der Waals surface area contributed by atoms with Crippen molar-refractivity contribution in [3.8, 4) is 0 Å². The molecule has 0 unspecified atom stereocenters. The predicted molar refractivity (Wildman–Crippen MR) is 84.1 cm³/mol. The van der Waals surface area contributed by atoms with Crippen molar-refractivity contribution in [3.63, 3.8) is 0 Å². The van der Waals surface area contributed by atoms with Crippen molar-refractivity contribution < 1.29 is 0 Å². The number of hydrogen-bond acceptors (Lipinski definition) is 0. The fraction of sp³-hybridized carbons (Fsp3) is 0.412. The van der Waals surface area contributed by atoms with Crippen LogP contribution in [0.25, 0.3) is 5.57 Å². The molecule has 0 aliphatic heterocycles. The third-order valence-corrected chi connectivity index (χ3v) is 4.00. The lowest BCUT2D eigenvalue weighted by atomic mass is 9.96. The molecule has 0 heterocycles. The van der Waals surface area contributed by atoms with E-state index in [4.69, 9.17) is 0 Å². The van der Waals surface area contributed by atoms with E-state index in [1.807, 2.05) is 0 Å². The van der Waals surface area contributed by atoms with Gasteiger partial charge in [0.25, 0.3) is 0 Å². The smallest absolute Gasteiger partial charge is 0.00313 e. The highest BCUT2D eigenvalue weighted by atomic mass is 79.9. The van der Waals surface area contributed by atoms with Gasteiger partial charge >= 0.3 is 0 Å². The van der Waals surface area contributed by atoms with Crippen LogP contribution >= 0.6 is 15.9 Å². The van der Waals surface area contributed by atoms with Gasteiger partial charge in [-0.3, -0.25) is 0 Å². The first-order valence-electron chi connectivity index (χ1n) is 6.91. The van der Waals surface area contributed by atoms with Crippen molar-refractivity contribution in [2.75, 3.05) is 5.33 Å². The van der Waals surface area contributed by atoms with E-state index in [-0.39, 0.29) is 0 Å². The summed E-state index contributed by atoms with van der Waals surface area (Å²) in [7, 11) is 0. The topological polar surface area (TPSA) is 0 Å². The first kappa shape index (κ1) is 13.6. The van der Waals surface area contributed by atoms with E-state index in [9.17, 15) is 0 Å². The average molecular weight is 305 g/mol. The maximum absolute atomic E-state index is 3.48. The molecule has 1 heteroatoms. The van der Waals surface area contributed by atoms with Gasteiger partial charge < -0.3 is 0 Å². The number of halogens is 1. The lowest BCUT2D eigenvalue weighted by Crippen LogP contribution is -1.90. The number of hydrogen-bond donors (Lipinski definition) is 0. The van der Waals surface area contributed by atoms with E-state index in [2.05, 4.69) is 58.4 Å². The highest BCUT2D eigenvalue weighted by molar-refractivity contribution is 9.09. The number of unbranched alkanes of at least 4 members (excludes halogenated alkanes) is 2. The molecule has 18 heavy (non-hydrogen) atoms. The minimum atomic E-state index is 1.13. The van der Waals surface area contributed by atoms with E-state index in [0.717, 1.165) is 5.33 Å². The first-order valence-corrected chi connectivity index (χ1v) is 8.03. The van der Waals surface area contributed by atoms with E-state index in [1.54, 1.807) is 0 Å². The van der Waals surface area contributed by atoms with Crippen LogP contribution < -0.4 is 0 Å². The van der Waals surface area contributed by atoms with E-state index in [1.165, 1.54) is 55.2 Å². The monoisotopic (exact) mass is 304 g/mol. The number of aryl methyl sites for hydroxylation is 1. The molecule has 0 amide bonds. The molecule has 0 atom stereocenters. The SMILES string of the molecule is BrCCCCCc1ccc(C2=CC=CCC2)cc1. The van der Waals surface area contributed by atoms with Gasteiger partial charge in [-0.1, -0.05) is 64.8 Å². The van der Waals surface area contributed by atoms with Gasteiger partial charge in [0, 0.05) is 5.33 Å².